The first kappa shape index (κ1) is 14.8. The Morgan fingerprint density at radius 1 is 1.05 bits per heavy atom. The van der Waals surface area contributed by atoms with Gasteiger partial charge in [0.25, 0.3) is 0 Å². The Balaban J connectivity index is 2.19. The van der Waals surface area contributed by atoms with Crippen LogP contribution in [-0.4, -0.2) is 11.1 Å². The van der Waals surface area contributed by atoms with Crippen molar-refractivity contribution >= 4 is 21.9 Å². The fourth-order valence-electron chi connectivity index (χ4n) is 2.28. The quantitative estimate of drug-likeness (QED) is 0.888. The number of halogens is 1. The van der Waals surface area contributed by atoms with E-state index in [0.717, 1.165) is 21.2 Å². The normalized spacial score (nSPS) is 12.1. The number of benzene rings is 2. The second-order valence-electron chi connectivity index (χ2n) is 4.96. The predicted octanol–water partition coefficient (Wildman–Crippen LogP) is 4.24. The van der Waals surface area contributed by atoms with Crippen molar-refractivity contribution in [3.8, 4) is 0 Å². The molecule has 2 aromatic rings. The molecule has 0 aliphatic rings. The van der Waals surface area contributed by atoms with Crippen LogP contribution in [0.3, 0.4) is 0 Å². The van der Waals surface area contributed by atoms with Crippen LogP contribution < -0.4 is 0 Å². The Morgan fingerprint density at radius 2 is 1.60 bits per heavy atom. The van der Waals surface area contributed by atoms with Crippen LogP contribution in [0.5, 0.6) is 0 Å². The van der Waals surface area contributed by atoms with Crippen LogP contribution in [-0.2, 0) is 17.6 Å². The van der Waals surface area contributed by atoms with Gasteiger partial charge in [-0.1, -0.05) is 58.4 Å². The molecule has 3 heteroatoms. The van der Waals surface area contributed by atoms with Crippen molar-refractivity contribution in [2.75, 3.05) is 0 Å². The molecule has 2 nitrogen and oxygen atoms in total. The molecule has 104 valence electrons. The van der Waals surface area contributed by atoms with E-state index in [9.17, 15) is 9.90 Å². The van der Waals surface area contributed by atoms with Crippen LogP contribution in [0.25, 0.3) is 0 Å². The maximum absolute atomic E-state index is 11.5. The minimum atomic E-state index is -0.746. The van der Waals surface area contributed by atoms with Crippen LogP contribution in [0.4, 0.5) is 0 Å². The number of hydrogen-bond donors (Lipinski definition) is 1. The van der Waals surface area contributed by atoms with Gasteiger partial charge in [-0.2, -0.15) is 0 Å². The lowest BCUT2D eigenvalue weighted by molar-refractivity contribution is -0.141. The molecule has 0 aromatic heterocycles. The topological polar surface area (TPSA) is 37.3 Å². The molecule has 0 amide bonds. The van der Waals surface area contributed by atoms with Gasteiger partial charge < -0.3 is 5.11 Å². The van der Waals surface area contributed by atoms with E-state index in [2.05, 4.69) is 15.9 Å². The molecule has 1 atom stereocenters. The van der Waals surface area contributed by atoms with Gasteiger partial charge in [0, 0.05) is 4.47 Å². The molecule has 0 aliphatic carbocycles. The Hall–Kier alpha value is -1.61. The Labute approximate surface area is 127 Å². The summed E-state index contributed by atoms with van der Waals surface area (Å²) in [4.78, 5) is 11.5. The minimum Gasteiger partial charge on any atom is -0.481 e. The monoisotopic (exact) mass is 332 g/mol. The summed E-state index contributed by atoms with van der Waals surface area (Å²) in [5.41, 5.74) is 3.28. The number of carboxylic acids is 1. The Kier molecular flexibility index (Phi) is 4.96. The Bertz CT molecular complexity index is 560. The fraction of sp³-hybridized carbons (Fsp3) is 0.235. The van der Waals surface area contributed by atoms with E-state index in [1.54, 1.807) is 0 Å². The van der Waals surface area contributed by atoms with E-state index < -0.39 is 11.9 Å². The summed E-state index contributed by atoms with van der Waals surface area (Å²) in [5.74, 6) is -1.15. The number of rotatable bonds is 5. The first-order valence-corrected chi connectivity index (χ1v) is 7.38. The number of hydrogen-bond acceptors (Lipinski definition) is 1. The van der Waals surface area contributed by atoms with Crippen LogP contribution in [0.1, 0.15) is 16.7 Å². The summed E-state index contributed by atoms with van der Waals surface area (Å²) in [6, 6.07) is 15.7. The third kappa shape index (κ3) is 3.70. The number of carbonyl (C=O) groups is 1. The van der Waals surface area contributed by atoms with Gasteiger partial charge in [0.15, 0.2) is 0 Å². The highest BCUT2D eigenvalue weighted by Gasteiger charge is 2.20. The first-order valence-electron chi connectivity index (χ1n) is 6.58. The van der Waals surface area contributed by atoms with Gasteiger partial charge in [0.1, 0.15) is 0 Å². The van der Waals surface area contributed by atoms with E-state index in [1.165, 1.54) is 0 Å². The van der Waals surface area contributed by atoms with Crippen molar-refractivity contribution in [2.24, 2.45) is 5.92 Å². The molecule has 0 radical (unpaired) electrons. The average Bonchev–Trinajstić information content (AvgIpc) is 2.42. The number of aryl methyl sites for hydroxylation is 1. The lowest BCUT2D eigenvalue weighted by Crippen LogP contribution is -2.19. The molecule has 0 fully saturated rings. The maximum atomic E-state index is 11.5. The molecule has 1 N–H and O–H groups in total. The van der Waals surface area contributed by atoms with E-state index >= 15 is 0 Å². The third-order valence-corrected chi connectivity index (χ3v) is 4.27. The highest BCUT2D eigenvalue weighted by atomic mass is 79.9. The van der Waals surface area contributed by atoms with E-state index in [0.29, 0.717) is 12.8 Å². The van der Waals surface area contributed by atoms with Gasteiger partial charge in [-0.15, -0.1) is 0 Å². The second-order valence-corrected chi connectivity index (χ2v) is 5.82. The maximum Gasteiger partial charge on any atom is 0.307 e. The molecule has 1 unspecified atom stereocenters. The van der Waals surface area contributed by atoms with Gasteiger partial charge in [-0.05, 0) is 42.5 Å². The smallest absolute Gasteiger partial charge is 0.307 e. The molecule has 0 spiro atoms. The number of aliphatic carboxylic acids is 1. The van der Waals surface area contributed by atoms with Crippen molar-refractivity contribution in [3.05, 3.63) is 69.7 Å². The molecule has 0 saturated carbocycles. The highest BCUT2D eigenvalue weighted by molar-refractivity contribution is 9.10. The van der Waals surface area contributed by atoms with Gasteiger partial charge in [-0.3, -0.25) is 4.79 Å². The van der Waals surface area contributed by atoms with E-state index in [-0.39, 0.29) is 0 Å². The number of carboxylic acid groups (broad SMARTS) is 1. The van der Waals surface area contributed by atoms with Gasteiger partial charge in [0.05, 0.1) is 5.92 Å². The molecule has 0 saturated heterocycles. The zero-order valence-electron chi connectivity index (χ0n) is 11.3. The van der Waals surface area contributed by atoms with Crippen LogP contribution in [0.15, 0.2) is 53.0 Å². The largest absolute Gasteiger partial charge is 0.481 e. The second kappa shape index (κ2) is 6.71. The first-order chi connectivity index (χ1) is 9.58. The summed E-state index contributed by atoms with van der Waals surface area (Å²) in [6.45, 7) is 2.02. The average molecular weight is 333 g/mol. The van der Waals surface area contributed by atoms with Crippen LogP contribution >= 0.6 is 15.9 Å². The van der Waals surface area contributed by atoms with Crippen molar-refractivity contribution in [1.82, 2.24) is 0 Å². The van der Waals surface area contributed by atoms with Gasteiger partial charge in [-0.25, -0.2) is 0 Å². The predicted molar refractivity (Wildman–Crippen MR) is 83.9 cm³/mol. The Morgan fingerprint density at radius 3 is 2.20 bits per heavy atom. The standard InChI is InChI=1S/C17H17BrO2/c1-12-6-2-3-7-13(12)10-15(17(19)20)11-14-8-4-5-9-16(14)18/h2-9,15H,10-11H2,1H3,(H,19,20). The van der Waals surface area contributed by atoms with Crippen molar-refractivity contribution in [3.63, 3.8) is 0 Å². The molecule has 0 bridgehead atoms. The van der Waals surface area contributed by atoms with Gasteiger partial charge in [0.2, 0.25) is 0 Å². The lowest BCUT2D eigenvalue weighted by Gasteiger charge is -2.15. The SMILES string of the molecule is Cc1ccccc1CC(Cc1ccccc1Br)C(=O)O. The molecule has 2 rings (SSSR count). The van der Waals surface area contributed by atoms with Crippen molar-refractivity contribution in [1.29, 1.82) is 0 Å². The zero-order chi connectivity index (χ0) is 14.5. The van der Waals surface area contributed by atoms with Crippen LogP contribution in [0.2, 0.25) is 0 Å². The van der Waals surface area contributed by atoms with Gasteiger partial charge >= 0.3 is 5.97 Å². The highest BCUT2D eigenvalue weighted by Crippen LogP contribution is 2.22. The minimum absolute atomic E-state index is 0.408. The lowest BCUT2D eigenvalue weighted by atomic mass is 9.91. The van der Waals surface area contributed by atoms with Crippen LogP contribution in [0, 0.1) is 12.8 Å². The van der Waals surface area contributed by atoms with E-state index in [1.807, 2.05) is 55.5 Å². The summed E-state index contributed by atoms with van der Waals surface area (Å²) >= 11 is 3.48. The van der Waals surface area contributed by atoms with Crippen molar-refractivity contribution < 1.29 is 9.90 Å². The fourth-order valence-corrected chi connectivity index (χ4v) is 2.73. The molecule has 0 aliphatic heterocycles. The van der Waals surface area contributed by atoms with E-state index in [4.69, 9.17) is 0 Å². The summed E-state index contributed by atoms with van der Waals surface area (Å²) < 4.78 is 0.969. The molecule has 20 heavy (non-hydrogen) atoms. The van der Waals surface area contributed by atoms with Crippen molar-refractivity contribution in [2.45, 2.75) is 19.8 Å². The molecular weight excluding hydrogens is 316 g/mol. The molecular formula is C17H17BrO2. The summed E-state index contributed by atoms with van der Waals surface area (Å²) in [7, 11) is 0. The summed E-state index contributed by atoms with van der Waals surface area (Å²) in [6.07, 6.45) is 1.09. The zero-order valence-corrected chi connectivity index (χ0v) is 12.9. The third-order valence-electron chi connectivity index (χ3n) is 3.50. The molecule has 2 aromatic carbocycles. The molecule has 0 heterocycles. The summed E-state index contributed by atoms with van der Waals surface area (Å²) in [5, 5.41) is 9.46.